The second kappa shape index (κ2) is 5.02. The highest BCUT2D eigenvalue weighted by molar-refractivity contribution is 5.82. The number of hydrogen-bond acceptors (Lipinski definition) is 5. The lowest BCUT2D eigenvalue weighted by molar-refractivity contribution is 0.151. The van der Waals surface area contributed by atoms with Crippen molar-refractivity contribution in [2.75, 3.05) is 0 Å². The van der Waals surface area contributed by atoms with Crippen molar-refractivity contribution in [3.63, 3.8) is 0 Å². The molecule has 0 radical (unpaired) electrons. The minimum atomic E-state index is -0.524. The molecule has 0 saturated carbocycles. The Balaban J connectivity index is 1.99. The number of aromatic nitrogens is 3. The van der Waals surface area contributed by atoms with Gasteiger partial charge in [0.05, 0.1) is 17.5 Å². The number of aliphatic hydroxyl groups is 1. The smallest absolute Gasteiger partial charge is 0.232 e. The maximum absolute atomic E-state index is 9.56. The maximum atomic E-state index is 9.56. The van der Waals surface area contributed by atoms with Crippen LogP contribution in [0.3, 0.4) is 0 Å². The van der Waals surface area contributed by atoms with Crippen molar-refractivity contribution in [3.8, 4) is 11.4 Å². The molecule has 0 aliphatic rings. The van der Waals surface area contributed by atoms with Crippen LogP contribution >= 0.6 is 0 Å². The predicted molar refractivity (Wildman–Crippen MR) is 75.1 cm³/mol. The van der Waals surface area contributed by atoms with Gasteiger partial charge in [0.25, 0.3) is 0 Å². The lowest BCUT2D eigenvalue weighted by atomic mass is 10.1. The Morgan fingerprint density at radius 3 is 2.85 bits per heavy atom. The average molecular weight is 269 g/mol. The molecule has 0 amide bonds. The van der Waals surface area contributed by atoms with E-state index < -0.39 is 6.10 Å². The topological polar surface area (TPSA) is 72.0 Å². The molecule has 1 aromatic carbocycles. The quantitative estimate of drug-likeness (QED) is 0.791. The molecule has 2 aromatic heterocycles. The molecule has 0 spiro atoms. The lowest BCUT2D eigenvalue weighted by Crippen LogP contribution is -2.11. The number of hydrogen-bond donors (Lipinski definition) is 1. The molecule has 5 nitrogen and oxygen atoms in total. The Bertz CT molecular complexity index is 737. The number of pyridine rings is 1. The van der Waals surface area contributed by atoms with Gasteiger partial charge < -0.3 is 9.63 Å². The Morgan fingerprint density at radius 2 is 2.05 bits per heavy atom. The molecule has 102 valence electrons. The van der Waals surface area contributed by atoms with Crippen molar-refractivity contribution >= 4 is 10.9 Å². The first-order valence-electron chi connectivity index (χ1n) is 6.52. The normalized spacial score (nSPS) is 14.3. The predicted octanol–water partition coefficient (Wildman–Crippen LogP) is 2.77. The number of benzene rings is 1. The average Bonchev–Trinajstić information content (AvgIpc) is 2.95. The second-order valence-corrected chi connectivity index (χ2v) is 4.90. The third-order valence-electron chi connectivity index (χ3n) is 3.42. The first kappa shape index (κ1) is 12.7. The van der Waals surface area contributed by atoms with Crippen LogP contribution in [0.4, 0.5) is 0 Å². The Labute approximate surface area is 116 Å². The van der Waals surface area contributed by atoms with Crippen LogP contribution in [0.15, 0.2) is 41.1 Å². The second-order valence-electron chi connectivity index (χ2n) is 4.90. The molecule has 0 aliphatic carbocycles. The van der Waals surface area contributed by atoms with Gasteiger partial charge in [-0.25, -0.2) is 0 Å². The summed E-state index contributed by atoms with van der Waals surface area (Å²) in [7, 11) is 0. The summed E-state index contributed by atoms with van der Waals surface area (Å²) in [5.74, 6) is 0.790. The molecule has 3 aromatic rings. The summed E-state index contributed by atoms with van der Waals surface area (Å²) in [6.45, 7) is 3.56. The fourth-order valence-electron chi connectivity index (χ4n) is 1.96. The molecule has 20 heavy (non-hydrogen) atoms. The van der Waals surface area contributed by atoms with E-state index in [-0.39, 0.29) is 5.92 Å². The summed E-state index contributed by atoms with van der Waals surface area (Å²) >= 11 is 0. The molecule has 2 unspecified atom stereocenters. The van der Waals surface area contributed by atoms with E-state index in [2.05, 4.69) is 15.1 Å². The van der Waals surface area contributed by atoms with Gasteiger partial charge in [-0.1, -0.05) is 18.1 Å². The molecular weight excluding hydrogens is 254 g/mol. The first-order valence-corrected chi connectivity index (χ1v) is 6.52. The van der Waals surface area contributed by atoms with Gasteiger partial charge in [-0.2, -0.15) is 4.98 Å². The standard InChI is InChI=1S/C15H15N3O2/c1-9(10(2)19)15-17-14(18-20-15)12-5-6-13-11(8-12)4-3-7-16-13/h3-10,19H,1-2H3. The van der Waals surface area contributed by atoms with Gasteiger partial charge in [0.2, 0.25) is 11.7 Å². The Hall–Kier alpha value is -2.27. The van der Waals surface area contributed by atoms with Crippen LogP contribution in [-0.4, -0.2) is 26.3 Å². The van der Waals surface area contributed by atoms with Crippen molar-refractivity contribution in [2.45, 2.75) is 25.9 Å². The monoisotopic (exact) mass is 269 g/mol. The highest BCUT2D eigenvalue weighted by Crippen LogP contribution is 2.24. The van der Waals surface area contributed by atoms with Crippen LogP contribution < -0.4 is 0 Å². The largest absolute Gasteiger partial charge is 0.393 e. The highest BCUT2D eigenvalue weighted by atomic mass is 16.5. The van der Waals surface area contributed by atoms with E-state index >= 15 is 0 Å². The van der Waals surface area contributed by atoms with Gasteiger partial charge in [-0.3, -0.25) is 4.98 Å². The number of rotatable bonds is 3. The van der Waals surface area contributed by atoms with E-state index in [0.29, 0.717) is 11.7 Å². The maximum Gasteiger partial charge on any atom is 0.232 e. The van der Waals surface area contributed by atoms with Gasteiger partial charge in [0.1, 0.15) is 0 Å². The van der Waals surface area contributed by atoms with Crippen molar-refractivity contribution in [3.05, 3.63) is 42.4 Å². The Kier molecular flexibility index (Phi) is 3.20. The van der Waals surface area contributed by atoms with Crippen LogP contribution in [-0.2, 0) is 0 Å². The molecule has 5 heteroatoms. The lowest BCUT2D eigenvalue weighted by Gasteiger charge is -2.08. The molecule has 0 fully saturated rings. The van der Waals surface area contributed by atoms with Gasteiger partial charge in [0.15, 0.2) is 0 Å². The molecule has 0 bridgehead atoms. The summed E-state index contributed by atoms with van der Waals surface area (Å²) in [4.78, 5) is 8.63. The number of fused-ring (bicyclic) bond motifs is 1. The van der Waals surface area contributed by atoms with Crippen molar-refractivity contribution in [2.24, 2.45) is 0 Å². The summed E-state index contributed by atoms with van der Waals surface area (Å²) < 4.78 is 5.22. The van der Waals surface area contributed by atoms with Crippen molar-refractivity contribution < 1.29 is 9.63 Å². The van der Waals surface area contributed by atoms with Crippen LogP contribution in [0, 0.1) is 0 Å². The minimum absolute atomic E-state index is 0.182. The van der Waals surface area contributed by atoms with E-state index in [1.807, 2.05) is 37.3 Å². The number of nitrogens with zero attached hydrogens (tertiary/aromatic N) is 3. The molecule has 2 atom stereocenters. The van der Waals surface area contributed by atoms with E-state index in [0.717, 1.165) is 16.5 Å². The molecule has 0 saturated heterocycles. The molecule has 1 N–H and O–H groups in total. The zero-order valence-corrected chi connectivity index (χ0v) is 11.3. The third kappa shape index (κ3) is 2.28. The molecule has 2 heterocycles. The van der Waals surface area contributed by atoms with Crippen LogP contribution in [0.2, 0.25) is 0 Å². The van der Waals surface area contributed by atoms with Gasteiger partial charge in [-0.15, -0.1) is 0 Å². The fraction of sp³-hybridized carbons (Fsp3) is 0.267. The minimum Gasteiger partial charge on any atom is -0.393 e. The molecule has 0 aliphatic heterocycles. The highest BCUT2D eigenvalue weighted by Gasteiger charge is 2.19. The van der Waals surface area contributed by atoms with E-state index in [4.69, 9.17) is 4.52 Å². The summed E-state index contributed by atoms with van der Waals surface area (Å²) in [6.07, 6.45) is 1.24. The third-order valence-corrected chi connectivity index (χ3v) is 3.42. The van der Waals surface area contributed by atoms with Crippen LogP contribution in [0.1, 0.15) is 25.7 Å². The van der Waals surface area contributed by atoms with Gasteiger partial charge in [0, 0.05) is 17.1 Å². The first-order chi connectivity index (χ1) is 9.65. The SMILES string of the molecule is CC(O)C(C)c1nc(-c2ccc3ncccc3c2)no1. The van der Waals surface area contributed by atoms with E-state index in [1.54, 1.807) is 13.1 Å². The summed E-state index contributed by atoms with van der Waals surface area (Å²) in [5.41, 5.74) is 1.80. The fourth-order valence-corrected chi connectivity index (χ4v) is 1.96. The zero-order chi connectivity index (χ0) is 14.1. The number of aliphatic hydroxyl groups excluding tert-OH is 1. The summed E-state index contributed by atoms with van der Waals surface area (Å²) in [6, 6.07) is 9.70. The zero-order valence-electron chi connectivity index (χ0n) is 11.3. The molecule has 3 rings (SSSR count). The van der Waals surface area contributed by atoms with Crippen molar-refractivity contribution in [1.29, 1.82) is 0 Å². The Morgan fingerprint density at radius 1 is 1.20 bits per heavy atom. The van der Waals surface area contributed by atoms with E-state index in [1.165, 1.54) is 0 Å². The molecular formula is C15H15N3O2. The van der Waals surface area contributed by atoms with Crippen LogP contribution in [0.25, 0.3) is 22.3 Å². The van der Waals surface area contributed by atoms with Crippen molar-refractivity contribution in [1.82, 2.24) is 15.1 Å². The van der Waals surface area contributed by atoms with Gasteiger partial charge in [-0.05, 0) is 31.2 Å². The van der Waals surface area contributed by atoms with Gasteiger partial charge >= 0.3 is 0 Å². The summed E-state index contributed by atoms with van der Waals surface area (Å²) in [5, 5.41) is 14.6. The van der Waals surface area contributed by atoms with E-state index in [9.17, 15) is 5.11 Å². The van der Waals surface area contributed by atoms with Crippen LogP contribution in [0.5, 0.6) is 0 Å².